The minimum atomic E-state index is -0.445. The van der Waals surface area contributed by atoms with Gasteiger partial charge >= 0.3 is 0 Å². The number of carbonyl (C=O) groups is 1. The molecule has 128 valence electrons. The minimum Gasteiger partial charge on any atom is -0.387 e. The first-order valence-corrected chi connectivity index (χ1v) is 9.06. The number of aromatic nitrogens is 2. The summed E-state index contributed by atoms with van der Waals surface area (Å²) in [6, 6.07) is 9.77. The van der Waals surface area contributed by atoms with Gasteiger partial charge in [0.1, 0.15) is 0 Å². The van der Waals surface area contributed by atoms with Gasteiger partial charge in [-0.25, -0.2) is 0 Å². The molecule has 0 radical (unpaired) electrons. The zero-order chi connectivity index (χ0) is 16.8. The average molecular weight is 346 g/mol. The van der Waals surface area contributed by atoms with Crippen LogP contribution < -0.4 is 5.32 Å². The van der Waals surface area contributed by atoms with Gasteiger partial charge < -0.3 is 15.3 Å². The monoisotopic (exact) mass is 346 g/mol. The predicted octanol–water partition coefficient (Wildman–Crippen LogP) is 1.71. The van der Waals surface area contributed by atoms with Crippen molar-refractivity contribution in [3.63, 3.8) is 0 Å². The second kappa shape index (κ2) is 8.32. The number of aliphatic hydroxyl groups is 1. The Balaban J connectivity index is 1.39. The molecule has 0 spiro atoms. The van der Waals surface area contributed by atoms with Crippen LogP contribution in [-0.4, -0.2) is 51.7 Å². The fraction of sp³-hybridized carbons (Fsp3) is 0.471. The molecular formula is C17H22N4O2S. The third kappa shape index (κ3) is 4.59. The molecule has 1 saturated heterocycles. The molecule has 2 N–H and O–H groups in total. The smallest absolute Gasteiger partial charge is 0.272 e. The topological polar surface area (TPSA) is 78.4 Å². The van der Waals surface area contributed by atoms with Crippen molar-refractivity contribution in [3.05, 3.63) is 47.0 Å². The van der Waals surface area contributed by atoms with E-state index in [4.69, 9.17) is 0 Å². The van der Waals surface area contributed by atoms with Crippen molar-refractivity contribution in [1.29, 1.82) is 0 Å². The molecule has 7 heteroatoms. The molecule has 1 fully saturated rings. The highest BCUT2D eigenvalue weighted by Crippen LogP contribution is 2.20. The highest BCUT2D eigenvalue weighted by molar-refractivity contribution is 7.03. The molecule has 1 aromatic carbocycles. The van der Waals surface area contributed by atoms with Gasteiger partial charge in [0.15, 0.2) is 5.69 Å². The van der Waals surface area contributed by atoms with Gasteiger partial charge in [0.25, 0.3) is 5.91 Å². The molecule has 1 aliphatic heterocycles. The maximum Gasteiger partial charge on any atom is 0.272 e. The van der Waals surface area contributed by atoms with Crippen molar-refractivity contribution in [2.24, 2.45) is 5.92 Å². The van der Waals surface area contributed by atoms with Gasteiger partial charge in [-0.05, 0) is 48.9 Å². The maximum atomic E-state index is 11.9. The van der Waals surface area contributed by atoms with E-state index in [0.717, 1.165) is 31.5 Å². The van der Waals surface area contributed by atoms with Gasteiger partial charge in [-0.3, -0.25) is 4.79 Å². The summed E-state index contributed by atoms with van der Waals surface area (Å²) in [5, 5.41) is 18.7. The Morgan fingerprint density at radius 2 is 2.08 bits per heavy atom. The van der Waals surface area contributed by atoms with Gasteiger partial charge in [-0.15, -0.1) is 5.10 Å². The molecule has 1 aromatic heterocycles. The summed E-state index contributed by atoms with van der Waals surface area (Å²) >= 11 is 1.18. The summed E-state index contributed by atoms with van der Waals surface area (Å²) in [5.41, 5.74) is 1.35. The number of hydrogen-bond acceptors (Lipinski definition) is 6. The van der Waals surface area contributed by atoms with E-state index in [9.17, 15) is 9.90 Å². The van der Waals surface area contributed by atoms with Crippen LogP contribution in [0.1, 0.15) is 35.0 Å². The third-order valence-electron chi connectivity index (χ3n) is 4.47. The van der Waals surface area contributed by atoms with Crippen LogP contribution in [0.5, 0.6) is 0 Å². The highest BCUT2D eigenvalue weighted by atomic mass is 32.1. The number of β-amino-alcohol motifs (C(OH)–C–C–N with tert-alkyl or cyclic N) is 1. The van der Waals surface area contributed by atoms with Crippen LogP contribution in [0.3, 0.4) is 0 Å². The van der Waals surface area contributed by atoms with Gasteiger partial charge in [0.2, 0.25) is 0 Å². The maximum absolute atomic E-state index is 11.9. The lowest BCUT2D eigenvalue weighted by Gasteiger charge is -2.33. The van der Waals surface area contributed by atoms with Gasteiger partial charge in [-0.2, -0.15) is 0 Å². The summed E-state index contributed by atoms with van der Waals surface area (Å²) < 4.78 is 3.70. The average Bonchev–Trinajstić information content (AvgIpc) is 3.16. The number of amides is 1. The van der Waals surface area contributed by atoms with E-state index in [2.05, 4.69) is 19.8 Å². The molecule has 1 amide bonds. The van der Waals surface area contributed by atoms with Crippen LogP contribution in [0.15, 0.2) is 35.7 Å². The number of hydrogen-bond donors (Lipinski definition) is 2. The SMILES string of the molecule is O=C(NCC1CCN(C[C@@H](O)c2ccccc2)CC1)c1csnn1. The Labute approximate surface area is 145 Å². The molecule has 24 heavy (non-hydrogen) atoms. The van der Waals surface area contributed by atoms with Crippen LogP contribution in [0.2, 0.25) is 0 Å². The molecular weight excluding hydrogens is 324 g/mol. The molecule has 0 bridgehead atoms. The first kappa shape index (κ1) is 17.0. The fourth-order valence-electron chi connectivity index (χ4n) is 2.99. The second-order valence-corrected chi connectivity index (χ2v) is 6.78. The summed E-state index contributed by atoms with van der Waals surface area (Å²) in [6.07, 6.45) is 1.61. The predicted molar refractivity (Wildman–Crippen MR) is 92.8 cm³/mol. The largest absolute Gasteiger partial charge is 0.387 e. The van der Waals surface area contributed by atoms with Crippen molar-refractivity contribution in [2.45, 2.75) is 18.9 Å². The number of likely N-dealkylation sites (tertiary alicyclic amines) is 1. The molecule has 2 heterocycles. The van der Waals surface area contributed by atoms with E-state index in [0.29, 0.717) is 24.7 Å². The Morgan fingerprint density at radius 3 is 2.75 bits per heavy atom. The van der Waals surface area contributed by atoms with Crippen molar-refractivity contribution in [1.82, 2.24) is 19.8 Å². The molecule has 2 aromatic rings. The molecule has 6 nitrogen and oxygen atoms in total. The number of aliphatic hydroxyl groups excluding tert-OH is 1. The van der Waals surface area contributed by atoms with E-state index in [1.807, 2.05) is 30.3 Å². The summed E-state index contributed by atoms with van der Waals surface area (Å²) in [7, 11) is 0. The summed E-state index contributed by atoms with van der Waals surface area (Å²) in [6.45, 7) is 3.23. The van der Waals surface area contributed by atoms with E-state index in [1.165, 1.54) is 11.5 Å². The normalized spacial score (nSPS) is 17.5. The fourth-order valence-corrected chi connectivity index (χ4v) is 3.43. The Bertz CT molecular complexity index is 627. The van der Waals surface area contributed by atoms with Crippen LogP contribution >= 0.6 is 11.5 Å². The summed E-state index contributed by atoms with van der Waals surface area (Å²) in [4.78, 5) is 14.2. The van der Waals surface area contributed by atoms with Gasteiger partial charge in [-0.1, -0.05) is 34.8 Å². The third-order valence-corrected chi connectivity index (χ3v) is 4.97. The first-order chi connectivity index (χ1) is 11.7. The number of piperidine rings is 1. The lowest BCUT2D eigenvalue weighted by atomic mass is 9.96. The van der Waals surface area contributed by atoms with Crippen molar-refractivity contribution >= 4 is 17.4 Å². The van der Waals surface area contributed by atoms with Crippen LogP contribution in [0.4, 0.5) is 0 Å². The molecule has 0 unspecified atom stereocenters. The van der Waals surface area contributed by atoms with Crippen molar-refractivity contribution < 1.29 is 9.90 Å². The summed E-state index contributed by atoms with van der Waals surface area (Å²) in [5.74, 6) is 0.330. The van der Waals surface area contributed by atoms with Crippen molar-refractivity contribution in [2.75, 3.05) is 26.2 Å². The van der Waals surface area contributed by atoms with Gasteiger partial charge in [0.05, 0.1) is 6.10 Å². The molecule has 1 atom stereocenters. The number of benzene rings is 1. The van der Waals surface area contributed by atoms with E-state index in [-0.39, 0.29) is 5.91 Å². The Hall–Kier alpha value is -1.83. The lowest BCUT2D eigenvalue weighted by Crippen LogP contribution is -2.40. The Kier molecular flexibility index (Phi) is 5.90. The number of carbonyl (C=O) groups excluding carboxylic acids is 1. The van der Waals surface area contributed by atoms with Crippen LogP contribution in [0, 0.1) is 5.92 Å². The highest BCUT2D eigenvalue weighted by Gasteiger charge is 2.22. The molecule has 3 rings (SSSR count). The van der Waals surface area contributed by atoms with Crippen LogP contribution in [0.25, 0.3) is 0 Å². The van der Waals surface area contributed by atoms with Crippen LogP contribution in [-0.2, 0) is 0 Å². The zero-order valence-corrected chi connectivity index (χ0v) is 14.3. The zero-order valence-electron chi connectivity index (χ0n) is 13.5. The molecule has 1 aliphatic rings. The van der Waals surface area contributed by atoms with Crippen molar-refractivity contribution in [3.8, 4) is 0 Å². The number of rotatable bonds is 6. The Morgan fingerprint density at radius 1 is 1.33 bits per heavy atom. The standard InChI is InChI=1S/C17H22N4O2S/c22-16(14-4-2-1-3-5-14)11-21-8-6-13(7-9-21)10-18-17(23)15-12-24-20-19-15/h1-5,12-13,16,22H,6-11H2,(H,18,23)/t16-/m1/s1. The lowest BCUT2D eigenvalue weighted by molar-refractivity contribution is 0.0850. The quantitative estimate of drug-likeness (QED) is 0.833. The minimum absolute atomic E-state index is 0.148. The first-order valence-electron chi connectivity index (χ1n) is 8.23. The molecule has 0 aliphatic carbocycles. The molecule has 0 saturated carbocycles. The second-order valence-electron chi connectivity index (χ2n) is 6.17. The van der Waals surface area contributed by atoms with E-state index < -0.39 is 6.10 Å². The van der Waals surface area contributed by atoms with E-state index in [1.54, 1.807) is 5.38 Å². The van der Waals surface area contributed by atoms with E-state index >= 15 is 0 Å². The van der Waals surface area contributed by atoms with Gasteiger partial charge in [0, 0.05) is 18.5 Å². The number of nitrogens with one attached hydrogen (secondary N) is 1. The number of nitrogens with zero attached hydrogens (tertiary/aromatic N) is 3.